The molecule has 0 atom stereocenters. The average Bonchev–Trinajstić information content (AvgIpc) is 2.93. The van der Waals surface area contributed by atoms with Gasteiger partial charge in [-0.2, -0.15) is 0 Å². The second kappa shape index (κ2) is 159. The number of carbonyl (C=O) groups excluding carboxylic acids is 9. The summed E-state index contributed by atoms with van der Waals surface area (Å²) in [6.07, 6.45) is 0. The normalized spacial score (nSPS) is 5.64. The number of hydrogen-bond acceptors (Lipinski definition) is 15. The molecule has 0 aromatic rings. The van der Waals surface area contributed by atoms with Crippen LogP contribution in [-0.4, -0.2) is 171 Å². The topological polar surface area (TPSA) is 275 Å². The van der Waals surface area contributed by atoms with E-state index in [0.717, 1.165) is 0 Å². The summed E-state index contributed by atoms with van der Waals surface area (Å²) in [6.45, 7) is 29.6. The van der Waals surface area contributed by atoms with E-state index < -0.39 is 17.9 Å². The molecule has 0 amide bonds. The molecule has 3 radical (unpaired) electrons. The van der Waals surface area contributed by atoms with E-state index in [1.54, 1.807) is 57.0 Å². The number of hydrogen-bond donors (Lipinski definition) is 3. The molecular formula is C21H36N3O15Re3-9. The van der Waals surface area contributed by atoms with Crippen LogP contribution in [0.2, 0.25) is 0 Å². The van der Waals surface area contributed by atoms with Crippen molar-refractivity contribution < 1.29 is 134 Å². The number of carbonyl (C=O) groups is 3. The van der Waals surface area contributed by atoms with E-state index >= 15 is 0 Å². The van der Waals surface area contributed by atoms with Gasteiger partial charge in [0, 0.05) is 61.3 Å². The van der Waals surface area contributed by atoms with Crippen molar-refractivity contribution in [1.82, 2.24) is 14.7 Å². The van der Waals surface area contributed by atoms with Gasteiger partial charge in [-0.15, -0.1) is 0 Å². The predicted octanol–water partition coefficient (Wildman–Crippen LogP) is -3.58. The summed E-state index contributed by atoms with van der Waals surface area (Å²) in [5.74, 6) is -2.36. The fourth-order valence-electron chi connectivity index (χ4n) is 0.812. The van der Waals surface area contributed by atoms with E-state index in [2.05, 4.69) is 61.1 Å². The Bertz CT molecular complexity index is 384. The van der Waals surface area contributed by atoms with Crippen molar-refractivity contribution >= 4 is 79.0 Å². The maximum atomic E-state index is 9.77. The van der Waals surface area contributed by atoms with Gasteiger partial charge in [-0.1, -0.05) is 0 Å². The minimum absolute atomic E-state index is 0. The Morgan fingerprint density at radius 1 is 0.357 bits per heavy atom. The van der Waals surface area contributed by atoms with E-state index in [1.165, 1.54) is 0 Å². The van der Waals surface area contributed by atoms with E-state index in [9.17, 15) is 14.4 Å². The number of likely N-dealkylation sites (N-methyl/N-ethyl adjacent to an activating group) is 3. The largest absolute Gasteiger partial charge is 0.545 e. The summed E-state index contributed by atoms with van der Waals surface area (Å²) in [4.78, 5) is 104. The number of rotatable bonds is 6. The maximum absolute atomic E-state index is 9.77. The summed E-state index contributed by atoms with van der Waals surface area (Å²) in [5.41, 5.74) is 0. The first kappa shape index (κ1) is 97.6. The fourth-order valence-corrected chi connectivity index (χ4v) is 0.812. The molecule has 0 saturated heterocycles. The van der Waals surface area contributed by atoms with Gasteiger partial charge in [0.05, 0.1) is 19.6 Å². The third kappa shape index (κ3) is 568. The molecule has 255 valence electrons. The number of carboxylic acids is 3. The van der Waals surface area contributed by atoms with Gasteiger partial charge in [-0.05, 0) is 42.3 Å². The molecule has 3 N–H and O–H groups in total. The molecule has 0 aromatic carbocycles. The zero-order chi connectivity index (χ0) is 35.6. The smallest absolute Gasteiger partial charge is 0.317 e. The van der Waals surface area contributed by atoms with Gasteiger partial charge in [-0.3, -0.25) is 90.2 Å². The van der Waals surface area contributed by atoms with Crippen molar-refractivity contribution in [3.63, 3.8) is 0 Å². The first-order valence-electron chi connectivity index (χ1n) is 8.10. The van der Waals surface area contributed by atoms with Crippen molar-refractivity contribution in [3.05, 3.63) is 0 Å². The monoisotopic (exact) mass is 1130 g/mol. The Hall–Kier alpha value is -2.69. The molecule has 21 heteroatoms. The summed E-state index contributed by atoms with van der Waals surface area (Å²) in [5, 5.41) is 24.1. The summed E-state index contributed by atoms with van der Waals surface area (Å²) >= 11 is 0. The van der Waals surface area contributed by atoms with E-state index in [4.69, 9.17) is 58.5 Å². The fraction of sp³-hybridized carbons (Fsp3) is 0.429. The molecule has 0 spiro atoms. The Morgan fingerprint density at radius 3 is 0.429 bits per heavy atom. The second-order valence-corrected chi connectivity index (χ2v) is 4.89. The van der Waals surface area contributed by atoms with Crippen LogP contribution in [0.25, 0.3) is 0 Å². The summed E-state index contributed by atoms with van der Waals surface area (Å²) < 4.78 is 0. The van der Waals surface area contributed by atoms with E-state index in [1.807, 2.05) is 0 Å². The Balaban J connectivity index is -0.0000000154. The quantitative estimate of drug-likeness (QED) is 0.171. The second-order valence-electron chi connectivity index (χ2n) is 4.89. The van der Waals surface area contributed by atoms with Crippen LogP contribution in [0.5, 0.6) is 0 Å². The van der Waals surface area contributed by atoms with Gasteiger partial charge < -0.3 is 58.5 Å². The third-order valence-corrected chi connectivity index (χ3v) is 1.35. The summed E-state index contributed by atoms with van der Waals surface area (Å²) in [7, 11) is 10.3. The molecule has 42 heavy (non-hydrogen) atoms. The van der Waals surface area contributed by atoms with Gasteiger partial charge in [-0.25, -0.2) is 0 Å². The van der Waals surface area contributed by atoms with Gasteiger partial charge >= 0.3 is 17.9 Å². The molecule has 0 aliphatic carbocycles. The van der Waals surface area contributed by atoms with E-state index in [0.29, 0.717) is 0 Å². The van der Waals surface area contributed by atoms with Crippen LogP contribution in [0, 0.1) is 0 Å². The SMILES string of the molecule is CN(C)CC(=O)O.CN(C)CC(=O)O.CN(C)CC(=O)O.[CH-]=O.[CH-]=O.[CH-]=O.[CH-]=O.[CH-]=O.[CH-]=O.[CH-]=O.[CH-]=O.[CH-]=O.[Re].[Re].[Re]. The van der Waals surface area contributed by atoms with E-state index in [-0.39, 0.29) is 80.9 Å². The maximum Gasteiger partial charge on any atom is 0.317 e. The van der Waals surface area contributed by atoms with Crippen LogP contribution in [0.3, 0.4) is 0 Å². The van der Waals surface area contributed by atoms with Crippen LogP contribution >= 0.6 is 0 Å². The third-order valence-electron chi connectivity index (χ3n) is 1.35. The molecular weight excluding hydrogens is 1090 g/mol. The summed E-state index contributed by atoms with van der Waals surface area (Å²) in [6, 6.07) is 0. The van der Waals surface area contributed by atoms with Crippen LogP contribution in [0.1, 0.15) is 0 Å². The Labute approximate surface area is 288 Å². The molecule has 0 bridgehead atoms. The molecule has 0 aliphatic heterocycles. The molecule has 0 aliphatic rings. The Kier molecular flexibility index (Phi) is 370. The molecule has 0 heterocycles. The zero-order valence-corrected chi connectivity index (χ0v) is 31.7. The van der Waals surface area contributed by atoms with Crippen LogP contribution < -0.4 is 0 Å². The minimum atomic E-state index is -0.787. The Morgan fingerprint density at radius 2 is 0.429 bits per heavy atom. The van der Waals surface area contributed by atoms with Crippen LogP contribution in [-0.2, 0) is 119 Å². The average molecular weight is 1130 g/mol. The number of aliphatic carboxylic acids is 3. The first-order chi connectivity index (χ1) is 18.4. The van der Waals surface area contributed by atoms with Crippen molar-refractivity contribution in [2.75, 3.05) is 61.9 Å². The predicted molar refractivity (Wildman–Crippen MR) is 139 cm³/mol. The van der Waals surface area contributed by atoms with Crippen molar-refractivity contribution in [1.29, 1.82) is 0 Å². The minimum Gasteiger partial charge on any atom is -0.545 e. The van der Waals surface area contributed by atoms with Crippen molar-refractivity contribution in [3.8, 4) is 0 Å². The number of nitrogens with zero attached hydrogens (tertiary/aromatic N) is 3. The molecule has 0 fully saturated rings. The van der Waals surface area contributed by atoms with Gasteiger partial charge in [0.1, 0.15) is 0 Å². The van der Waals surface area contributed by atoms with Crippen molar-refractivity contribution in [2.45, 2.75) is 0 Å². The van der Waals surface area contributed by atoms with Gasteiger partial charge in [0.15, 0.2) is 0 Å². The van der Waals surface area contributed by atoms with Crippen LogP contribution in [0.15, 0.2) is 0 Å². The number of carboxylic acid groups (broad SMARTS) is 3. The first-order valence-corrected chi connectivity index (χ1v) is 8.10. The van der Waals surface area contributed by atoms with Gasteiger partial charge in [0.2, 0.25) is 0 Å². The molecule has 0 aromatic heterocycles. The standard InChI is InChI=1S/3C4H9NO2.9CHO.3Re/c3*1-5(2)3-4(6)7;9*1-2;;;/h3*3H2,1-2H3,(H,6,7);9*1H;;;/q;;;9*-1;;;. The molecule has 0 rings (SSSR count). The van der Waals surface area contributed by atoms with Crippen molar-refractivity contribution in [2.24, 2.45) is 0 Å². The zero-order valence-electron chi connectivity index (χ0n) is 23.5. The molecule has 0 unspecified atom stereocenters. The van der Waals surface area contributed by atoms with Gasteiger partial charge in [0.25, 0.3) is 0 Å². The van der Waals surface area contributed by atoms with Crippen LogP contribution in [0.4, 0.5) is 0 Å². The molecule has 18 nitrogen and oxygen atoms in total. The molecule has 0 saturated carbocycles.